The summed E-state index contributed by atoms with van der Waals surface area (Å²) in [7, 11) is -3.89. The van der Waals surface area contributed by atoms with Crippen LogP contribution in [0.4, 0.5) is 4.79 Å². The number of urea groups is 1. The van der Waals surface area contributed by atoms with Crippen molar-refractivity contribution in [3.8, 4) is 0 Å². The van der Waals surface area contributed by atoms with Gasteiger partial charge in [0.05, 0.1) is 17.1 Å². The molecule has 0 radical (unpaired) electrons. The first-order valence-electron chi connectivity index (χ1n) is 6.58. The van der Waals surface area contributed by atoms with Crippen LogP contribution in [0.1, 0.15) is 22.9 Å². The second-order valence-electron chi connectivity index (χ2n) is 4.84. The van der Waals surface area contributed by atoms with Crippen LogP contribution in [0.15, 0.2) is 33.6 Å². The molecule has 8 heteroatoms. The van der Waals surface area contributed by atoms with Crippen molar-refractivity contribution in [3.05, 3.63) is 47.2 Å². The number of nitrogens with one attached hydrogen (secondary N) is 2. The average Bonchev–Trinajstić information content (AvgIpc) is 2.74. The van der Waals surface area contributed by atoms with Crippen LogP contribution in [-0.4, -0.2) is 19.4 Å². The molecule has 0 aliphatic heterocycles. The van der Waals surface area contributed by atoms with E-state index in [1.165, 1.54) is 12.1 Å². The molecule has 2 N–H and O–H groups in total. The molecule has 0 atom stereocenters. The number of sulfonamides is 1. The van der Waals surface area contributed by atoms with Crippen molar-refractivity contribution in [3.63, 3.8) is 0 Å². The van der Waals surface area contributed by atoms with E-state index in [4.69, 9.17) is 4.42 Å². The van der Waals surface area contributed by atoms with E-state index < -0.39 is 16.1 Å². The Morgan fingerprint density at radius 2 is 1.82 bits per heavy atom. The SMILES string of the molecule is Cc1ccc(S(=O)(=O)NC(=O)NCc2oc(C)nc2C)cc1. The summed E-state index contributed by atoms with van der Waals surface area (Å²) in [6, 6.07) is 5.37. The van der Waals surface area contributed by atoms with Crippen LogP contribution in [0.2, 0.25) is 0 Å². The number of rotatable bonds is 4. The number of oxazole rings is 1. The van der Waals surface area contributed by atoms with Crippen molar-refractivity contribution < 1.29 is 17.6 Å². The zero-order chi connectivity index (χ0) is 16.3. The molecule has 1 heterocycles. The zero-order valence-electron chi connectivity index (χ0n) is 12.5. The minimum Gasteiger partial charge on any atom is -0.444 e. The standard InChI is InChI=1S/C14H17N3O4S/c1-9-4-6-12(7-5-9)22(19,20)17-14(18)15-8-13-10(2)16-11(3)21-13/h4-7H,8H2,1-3H3,(H2,15,17,18). The third-order valence-electron chi connectivity index (χ3n) is 2.97. The van der Waals surface area contributed by atoms with Crippen molar-refractivity contribution in [2.24, 2.45) is 0 Å². The van der Waals surface area contributed by atoms with Gasteiger partial charge in [-0.1, -0.05) is 17.7 Å². The first-order valence-corrected chi connectivity index (χ1v) is 8.06. The molecule has 0 unspecified atom stereocenters. The highest BCUT2D eigenvalue weighted by atomic mass is 32.2. The van der Waals surface area contributed by atoms with Gasteiger partial charge in [-0.2, -0.15) is 0 Å². The van der Waals surface area contributed by atoms with Gasteiger partial charge in [0.25, 0.3) is 10.0 Å². The second-order valence-corrected chi connectivity index (χ2v) is 6.53. The van der Waals surface area contributed by atoms with E-state index in [1.54, 1.807) is 26.0 Å². The quantitative estimate of drug-likeness (QED) is 0.893. The maximum Gasteiger partial charge on any atom is 0.329 e. The van der Waals surface area contributed by atoms with Crippen molar-refractivity contribution in [1.29, 1.82) is 0 Å². The lowest BCUT2D eigenvalue weighted by Gasteiger charge is -2.08. The Labute approximate surface area is 128 Å². The molecule has 118 valence electrons. The van der Waals surface area contributed by atoms with E-state index in [0.29, 0.717) is 17.3 Å². The maximum absolute atomic E-state index is 12.0. The van der Waals surface area contributed by atoms with Crippen molar-refractivity contribution in [2.75, 3.05) is 0 Å². The Morgan fingerprint density at radius 1 is 1.18 bits per heavy atom. The number of carbonyl (C=O) groups is 1. The van der Waals surface area contributed by atoms with Crippen LogP contribution in [0, 0.1) is 20.8 Å². The number of benzene rings is 1. The molecule has 0 spiro atoms. The Hall–Kier alpha value is -2.35. The van der Waals surface area contributed by atoms with Gasteiger partial charge < -0.3 is 9.73 Å². The Kier molecular flexibility index (Phi) is 4.51. The van der Waals surface area contributed by atoms with Gasteiger partial charge in [0, 0.05) is 6.92 Å². The molecule has 7 nitrogen and oxygen atoms in total. The highest BCUT2D eigenvalue weighted by molar-refractivity contribution is 7.90. The van der Waals surface area contributed by atoms with E-state index in [2.05, 4.69) is 10.3 Å². The molecule has 0 bridgehead atoms. The van der Waals surface area contributed by atoms with Gasteiger partial charge in [0.15, 0.2) is 5.89 Å². The lowest BCUT2D eigenvalue weighted by Crippen LogP contribution is -2.39. The number of nitrogens with zero attached hydrogens (tertiary/aromatic N) is 1. The summed E-state index contributed by atoms with van der Waals surface area (Å²) in [5, 5.41) is 2.43. The molecule has 22 heavy (non-hydrogen) atoms. The monoisotopic (exact) mass is 323 g/mol. The highest BCUT2D eigenvalue weighted by Crippen LogP contribution is 2.10. The fourth-order valence-electron chi connectivity index (χ4n) is 1.83. The zero-order valence-corrected chi connectivity index (χ0v) is 13.3. The van der Waals surface area contributed by atoms with Gasteiger partial charge in [-0.15, -0.1) is 0 Å². The van der Waals surface area contributed by atoms with Gasteiger partial charge >= 0.3 is 6.03 Å². The molecule has 2 rings (SSSR count). The molecule has 2 aromatic rings. The van der Waals surface area contributed by atoms with E-state index in [9.17, 15) is 13.2 Å². The molecule has 0 fully saturated rings. The van der Waals surface area contributed by atoms with Crippen LogP contribution in [0.5, 0.6) is 0 Å². The smallest absolute Gasteiger partial charge is 0.329 e. The maximum atomic E-state index is 12.0. The number of amides is 2. The first kappa shape index (κ1) is 16.0. The number of hydrogen-bond donors (Lipinski definition) is 2. The number of aromatic nitrogens is 1. The molecule has 2 amide bonds. The Morgan fingerprint density at radius 3 is 2.36 bits per heavy atom. The van der Waals surface area contributed by atoms with E-state index in [-0.39, 0.29) is 11.4 Å². The summed E-state index contributed by atoms with van der Waals surface area (Å²) in [5.74, 6) is 0.974. The molecule has 1 aromatic heterocycles. The van der Waals surface area contributed by atoms with Gasteiger partial charge in [-0.25, -0.2) is 22.9 Å². The number of aryl methyl sites for hydroxylation is 3. The van der Waals surface area contributed by atoms with Gasteiger partial charge in [-0.3, -0.25) is 0 Å². The Balaban J connectivity index is 1.99. The minimum absolute atomic E-state index is 0.0277. The summed E-state index contributed by atoms with van der Waals surface area (Å²) in [4.78, 5) is 15.8. The van der Waals surface area contributed by atoms with E-state index in [0.717, 1.165) is 5.56 Å². The normalized spacial score (nSPS) is 11.2. The Bertz CT molecular complexity index is 779. The molecular formula is C14H17N3O4S. The predicted molar refractivity (Wildman–Crippen MR) is 79.7 cm³/mol. The summed E-state index contributed by atoms with van der Waals surface area (Å²) >= 11 is 0. The van der Waals surface area contributed by atoms with Crippen LogP contribution in [0.25, 0.3) is 0 Å². The fraction of sp³-hybridized carbons (Fsp3) is 0.286. The fourth-order valence-corrected chi connectivity index (χ4v) is 2.76. The van der Waals surface area contributed by atoms with Crippen LogP contribution < -0.4 is 10.0 Å². The predicted octanol–water partition coefficient (Wildman–Crippen LogP) is 1.79. The topological polar surface area (TPSA) is 101 Å². The third-order valence-corrected chi connectivity index (χ3v) is 4.31. The van der Waals surface area contributed by atoms with Gasteiger partial charge in [0.2, 0.25) is 0 Å². The summed E-state index contributed by atoms with van der Waals surface area (Å²) in [5.41, 5.74) is 1.58. The molecular weight excluding hydrogens is 306 g/mol. The summed E-state index contributed by atoms with van der Waals surface area (Å²) < 4.78 is 31.3. The van der Waals surface area contributed by atoms with Gasteiger partial charge in [-0.05, 0) is 26.0 Å². The van der Waals surface area contributed by atoms with Crippen molar-refractivity contribution >= 4 is 16.1 Å². The summed E-state index contributed by atoms with van der Waals surface area (Å²) in [6.07, 6.45) is 0. The van der Waals surface area contributed by atoms with Crippen LogP contribution >= 0.6 is 0 Å². The van der Waals surface area contributed by atoms with Crippen molar-refractivity contribution in [2.45, 2.75) is 32.2 Å². The summed E-state index contributed by atoms with van der Waals surface area (Å²) in [6.45, 7) is 5.34. The molecule has 0 saturated heterocycles. The average molecular weight is 323 g/mol. The molecule has 0 saturated carbocycles. The molecule has 1 aromatic carbocycles. The van der Waals surface area contributed by atoms with E-state index in [1.807, 2.05) is 11.6 Å². The van der Waals surface area contributed by atoms with Crippen LogP contribution in [-0.2, 0) is 16.6 Å². The van der Waals surface area contributed by atoms with Gasteiger partial charge in [0.1, 0.15) is 5.76 Å². The minimum atomic E-state index is -3.89. The first-order chi connectivity index (χ1) is 10.3. The van der Waals surface area contributed by atoms with Crippen LogP contribution in [0.3, 0.4) is 0 Å². The lowest BCUT2D eigenvalue weighted by atomic mass is 10.2. The van der Waals surface area contributed by atoms with E-state index >= 15 is 0 Å². The second kappa shape index (κ2) is 6.18. The molecule has 0 aliphatic carbocycles. The lowest BCUT2D eigenvalue weighted by molar-refractivity contribution is 0.244. The molecule has 0 aliphatic rings. The highest BCUT2D eigenvalue weighted by Gasteiger charge is 2.17. The number of carbonyl (C=O) groups excluding carboxylic acids is 1. The largest absolute Gasteiger partial charge is 0.444 e. The number of hydrogen-bond acceptors (Lipinski definition) is 5. The van der Waals surface area contributed by atoms with Crippen molar-refractivity contribution in [1.82, 2.24) is 15.0 Å². The third kappa shape index (κ3) is 3.85.